The number of nitrogens with zero attached hydrogens (tertiary/aromatic N) is 1. The van der Waals surface area contributed by atoms with E-state index in [9.17, 15) is 9.59 Å². The van der Waals surface area contributed by atoms with Crippen LogP contribution in [0.1, 0.15) is 24.0 Å². The van der Waals surface area contributed by atoms with Crippen molar-refractivity contribution < 1.29 is 9.59 Å². The summed E-state index contributed by atoms with van der Waals surface area (Å²) in [4.78, 5) is 25.2. The largest absolute Gasteiger partial charge is 0.369 e. The smallest absolute Gasteiger partial charge is 0.232 e. The average molecular weight is 306 g/mol. The molecule has 2 rings (SSSR count). The molecule has 2 N–H and O–H groups in total. The molecule has 1 heterocycles. The zero-order valence-electron chi connectivity index (χ0n) is 12.4. The lowest BCUT2D eigenvalue weighted by Gasteiger charge is -2.31. The molecular formula is C16H22N2O2S. The fourth-order valence-electron chi connectivity index (χ4n) is 2.59. The molecule has 2 amide bonds. The van der Waals surface area contributed by atoms with E-state index in [4.69, 9.17) is 5.73 Å². The van der Waals surface area contributed by atoms with Crippen LogP contribution in [0.4, 0.5) is 0 Å². The molecule has 0 spiro atoms. The van der Waals surface area contributed by atoms with Gasteiger partial charge < -0.3 is 10.6 Å². The first kappa shape index (κ1) is 15.9. The number of benzene rings is 1. The molecular weight excluding hydrogens is 284 g/mol. The highest BCUT2D eigenvalue weighted by molar-refractivity contribution is 7.99. The molecule has 1 aromatic carbocycles. The Labute approximate surface area is 130 Å². The summed E-state index contributed by atoms with van der Waals surface area (Å²) in [5.74, 6) is 0.933. The van der Waals surface area contributed by atoms with Crippen LogP contribution >= 0.6 is 11.8 Å². The van der Waals surface area contributed by atoms with Crippen molar-refractivity contribution in [3.8, 4) is 0 Å². The lowest BCUT2D eigenvalue weighted by molar-refractivity contribution is -0.132. The average Bonchev–Trinajstić information content (AvgIpc) is 2.47. The van der Waals surface area contributed by atoms with Crippen molar-refractivity contribution in [2.24, 2.45) is 11.7 Å². The minimum Gasteiger partial charge on any atom is -0.369 e. The van der Waals surface area contributed by atoms with Gasteiger partial charge in [-0.1, -0.05) is 29.8 Å². The SMILES string of the molecule is Cc1cccc(CSCC(=O)N2CCCC(C(N)=O)C2)c1. The van der Waals surface area contributed by atoms with Crippen LogP contribution in [-0.2, 0) is 15.3 Å². The number of nitrogens with two attached hydrogens (primary N) is 1. The molecule has 1 unspecified atom stereocenters. The molecule has 1 atom stereocenters. The highest BCUT2D eigenvalue weighted by Crippen LogP contribution is 2.19. The van der Waals surface area contributed by atoms with Crippen molar-refractivity contribution in [2.75, 3.05) is 18.8 Å². The third-order valence-electron chi connectivity index (χ3n) is 3.75. The van der Waals surface area contributed by atoms with Crippen molar-refractivity contribution in [1.29, 1.82) is 0 Å². The summed E-state index contributed by atoms with van der Waals surface area (Å²) >= 11 is 1.62. The van der Waals surface area contributed by atoms with Crippen LogP contribution in [-0.4, -0.2) is 35.6 Å². The van der Waals surface area contributed by atoms with Crippen molar-refractivity contribution in [3.63, 3.8) is 0 Å². The second kappa shape index (κ2) is 7.50. The van der Waals surface area contributed by atoms with Crippen molar-refractivity contribution in [2.45, 2.75) is 25.5 Å². The lowest BCUT2D eigenvalue weighted by Crippen LogP contribution is -2.44. The number of piperidine rings is 1. The number of aryl methyl sites for hydroxylation is 1. The molecule has 0 radical (unpaired) electrons. The standard InChI is InChI=1S/C16H22N2O2S/c1-12-4-2-5-13(8-12)10-21-11-15(19)18-7-3-6-14(9-18)16(17)20/h2,4-5,8,14H,3,6-7,9-11H2,1H3,(H2,17,20). The Balaban J connectivity index is 1.78. The van der Waals surface area contributed by atoms with E-state index in [0.29, 0.717) is 12.3 Å². The number of carbonyl (C=O) groups excluding carboxylic acids is 2. The van der Waals surface area contributed by atoms with Crippen molar-refractivity contribution in [1.82, 2.24) is 4.90 Å². The highest BCUT2D eigenvalue weighted by Gasteiger charge is 2.26. The van der Waals surface area contributed by atoms with Crippen LogP contribution < -0.4 is 5.73 Å². The molecule has 1 saturated heterocycles. The first-order valence-corrected chi connectivity index (χ1v) is 8.42. The van der Waals surface area contributed by atoms with E-state index in [0.717, 1.165) is 25.1 Å². The van der Waals surface area contributed by atoms with Gasteiger partial charge in [-0.2, -0.15) is 0 Å². The van der Waals surface area contributed by atoms with Gasteiger partial charge in [-0.15, -0.1) is 11.8 Å². The number of amides is 2. The summed E-state index contributed by atoms with van der Waals surface area (Å²) in [6.07, 6.45) is 1.66. The van der Waals surface area contributed by atoms with Crippen molar-refractivity contribution in [3.05, 3.63) is 35.4 Å². The van der Waals surface area contributed by atoms with E-state index >= 15 is 0 Å². The number of hydrogen-bond acceptors (Lipinski definition) is 3. The number of primary amides is 1. The number of thioether (sulfide) groups is 1. The van der Waals surface area contributed by atoms with Gasteiger partial charge in [0.1, 0.15) is 0 Å². The molecule has 0 aliphatic carbocycles. The van der Waals surface area contributed by atoms with Gasteiger partial charge >= 0.3 is 0 Å². The first-order valence-electron chi connectivity index (χ1n) is 7.26. The molecule has 4 nitrogen and oxygen atoms in total. The maximum Gasteiger partial charge on any atom is 0.232 e. The van der Waals surface area contributed by atoms with Gasteiger partial charge in [0.15, 0.2) is 0 Å². The maximum atomic E-state index is 12.2. The third-order valence-corrected chi connectivity index (χ3v) is 4.74. The summed E-state index contributed by atoms with van der Waals surface area (Å²) < 4.78 is 0. The summed E-state index contributed by atoms with van der Waals surface area (Å²) in [7, 11) is 0. The van der Waals surface area contributed by atoms with Crippen LogP contribution in [0.3, 0.4) is 0 Å². The Kier molecular flexibility index (Phi) is 5.67. The van der Waals surface area contributed by atoms with Gasteiger partial charge in [0, 0.05) is 18.8 Å². The molecule has 0 aromatic heterocycles. The molecule has 21 heavy (non-hydrogen) atoms. The molecule has 0 bridgehead atoms. The number of hydrogen-bond donors (Lipinski definition) is 1. The van der Waals surface area contributed by atoms with E-state index < -0.39 is 0 Å². The van der Waals surface area contributed by atoms with Gasteiger partial charge in [0.2, 0.25) is 11.8 Å². The summed E-state index contributed by atoms with van der Waals surface area (Å²) in [6, 6.07) is 8.32. The Bertz CT molecular complexity index is 519. The minimum absolute atomic E-state index is 0.110. The Morgan fingerprint density at radius 2 is 2.24 bits per heavy atom. The van der Waals surface area contributed by atoms with Crippen LogP contribution in [0.2, 0.25) is 0 Å². The van der Waals surface area contributed by atoms with Crippen molar-refractivity contribution >= 4 is 23.6 Å². The maximum absolute atomic E-state index is 12.2. The predicted octanol–water partition coefficient (Wildman–Crippen LogP) is 1.95. The van der Waals surface area contributed by atoms with E-state index in [2.05, 4.69) is 25.1 Å². The number of likely N-dealkylation sites (tertiary alicyclic amines) is 1. The van der Waals surface area contributed by atoms with Gasteiger partial charge in [-0.25, -0.2) is 0 Å². The summed E-state index contributed by atoms with van der Waals surface area (Å²) in [5.41, 5.74) is 7.81. The van der Waals surface area contributed by atoms with Crippen LogP contribution in [0, 0.1) is 12.8 Å². The number of carbonyl (C=O) groups is 2. The topological polar surface area (TPSA) is 63.4 Å². The minimum atomic E-state index is -0.292. The Morgan fingerprint density at radius 3 is 2.95 bits per heavy atom. The van der Waals surface area contributed by atoms with Gasteiger partial charge in [0.05, 0.1) is 11.7 Å². The summed E-state index contributed by atoms with van der Waals surface area (Å²) in [5, 5.41) is 0. The highest BCUT2D eigenvalue weighted by atomic mass is 32.2. The molecule has 1 aliphatic heterocycles. The second-order valence-electron chi connectivity index (χ2n) is 5.56. The second-order valence-corrected chi connectivity index (χ2v) is 6.55. The van der Waals surface area contributed by atoms with Crippen LogP contribution in [0.5, 0.6) is 0 Å². The Hall–Kier alpha value is -1.49. The van der Waals surface area contributed by atoms with Gasteiger partial charge in [-0.05, 0) is 25.3 Å². The van der Waals surface area contributed by atoms with E-state index in [1.807, 2.05) is 6.07 Å². The third kappa shape index (κ3) is 4.77. The van der Waals surface area contributed by atoms with Gasteiger partial charge in [-0.3, -0.25) is 9.59 Å². The molecule has 5 heteroatoms. The number of rotatable bonds is 5. The zero-order chi connectivity index (χ0) is 15.2. The molecule has 1 fully saturated rings. The zero-order valence-corrected chi connectivity index (χ0v) is 13.2. The Morgan fingerprint density at radius 1 is 1.43 bits per heavy atom. The molecule has 0 saturated carbocycles. The molecule has 1 aliphatic rings. The van der Waals surface area contributed by atoms with Gasteiger partial charge in [0.25, 0.3) is 0 Å². The lowest BCUT2D eigenvalue weighted by atomic mass is 9.97. The van der Waals surface area contributed by atoms with E-state index in [1.165, 1.54) is 11.1 Å². The monoisotopic (exact) mass is 306 g/mol. The van der Waals surface area contributed by atoms with E-state index in [1.54, 1.807) is 16.7 Å². The van der Waals surface area contributed by atoms with Crippen LogP contribution in [0.25, 0.3) is 0 Å². The molecule has 114 valence electrons. The normalized spacial score (nSPS) is 18.5. The summed E-state index contributed by atoms with van der Waals surface area (Å²) in [6.45, 7) is 3.30. The molecule has 1 aromatic rings. The first-order chi connectivity index (χ1) is 10.1. The van der Waals surface area contributed by atoms with E-state index in [-0.39, 0.29) is 17.7 Å². The fraction of sp³-hybridized carbons (Fsp3) is 0.500. The predicted molar refractivity (Wildman–Crippen MR) is 85.8 cm³/mol. The van der Waals surface area contributed by atoms with Crippen LogP contribution in [0.15, 0.2) is 24.3 Å². The quantitative estimate of drug-likeness (QED) is 0.904. The fourth-order valence-corrected chi connectivity index (χ4v) is 3.46.